The van der Waals surface area contributed by atoms with Crippen molar-refractivity contribution in [1.29, 1.82) is 0 Å². The smallest absolute Gasteiger partial charge is 0.335 e. The molecule has 7 heteroatoms. The van der Waals surface area contributed by atoms with Gasteiger partial charge in [-0.2, -0.15) is 5.10 Å². The van der Waals surface area contributed by atoms with Crippen molar-refractivity contribution in [3.63, 3.8) is 0 Å². The molecule has 0 fully saturated rings. The summed E-state index contributed by atoms with van der Waals surface area (Å²) in [6.45, 7) is 0. The van der Waals surface area contributed by atoms with Crippen LogP contribution in [-0.4, -0.2) is 30.8 Å². The van der Waals surface area contributed by atoms with E-state index in [0.717, 1.165) is 17.1 Å². The normalized spacial score (nSPS) is 10.5. The van der Waals surface area contributed by atoms with Crippen molar-refractivity contribution in [2.24, 2.45) is 0 Å². The Morgan fingerprint density at radius 2 is 1.70 bits per heavy atom. The molecule has 132 valence electrons. The van der Waals surface area contributed by atoms with Crippen LogP contribution < -0.4 is 5.32 Å². The minimum absolute atomic E-state index is 0.224. The highest BCUT2D eigenvalue weighted by atomic mass is 16.4. The van der Waals surface area contributed by atoms with Gasteiger partial charge in [0.25, 0.3) is 0 Å². The summed E-state index contributed by atoms with van der Waals surface area (Å²) in [7, 11) is 0. The predicted molar refractivity (Wildman–Crippen MR) is 101 cm³/mol. The topological polar surface area (TPSA) is 92.9 Å². The molecule has 0 aliphatic carbocycles. The first kappa shape index (κ1) is 16.5. The molecule has 7 nitrogen and oxygen atoms in total. The van der Waals surface area contributed by atoms with Gasteiger partial charge in [0.1, 0.15) is 0 Å². The predicted octanol–water partition coefficient (Wildman–Crippen LogP) is 3.77. The maximum atomic E-state index is 10.9. The number of nitrogens with one attached hydrogen (secondary N) is 1. The van der Waals surface area contributed by atoms with Gasteiger partial charge in [-0.05, 0) is 48.5 Å². The summed E-state index contributed by atoms with van der Waals surface area (Å²) in [5.74, 6) is -0.551. The molecule has 0 aliphatic rings. The molecule has 27 heavy (non-hydrogen) atoms. The van der Waals surface area contributed by atoms with Crippen LogP contribution in [0.25, 0.3) is 17.1 Å². The van der Waals surface area contributed by atoms with Crippen LogP contribution in [-0.2, 0) is 0 Å². The highest BCUT2D eigenvalue weighted by molar-refractivity contribution is 5.88. The van der Waals surface area contributed by atoms with E-state index in [1.54, 1.807) is 24.5 Å². The van der Waals surface area contributed by atoms with E-state index in [0.29, 0.717) is 11.6 Å². The number of carboxylic acid groups (broad SMARTS) is 1. The van der Waals surface area contributed by atoms with Gasteiger partial charge in [0.2, 0.25) is 5.95 Å². The molecule has 2 heterocycles. The minimum atomic E-state index is -0.964. The standard InChI is InChI=1S/C20H15N5O2/c26-19(27)14-6-8-15(9-7-14)23-20-21-12-10-17(24-20)18-11-13-22-25(18)16-4-2-1-3-5-16/h1-13H,(H,26,27)(H,21,23,24). The number of anilines is 2. The number of aromatic nitrogens is 4. The molecule has 0 aliphatic heterocycles. The second kappa shape index (κ2) is 7.09. The number of para-hydroxylation sites is 1. The summed E-state index contributed by atoms with van der Waals surface area (Å²) in [6, 6.07) is 19.9. The molecule has 4 rings (SSSR count). The zero-order chi connectivity index (χ0) is 18.6. The largest absolute Gasteiger partial charge is 0.478 e. The number of nitrogens with zero attached hydrogens (tertiary/aromatic N) is 4. The molecule has 0 saturated heterocycles. The van der Waals surface area contributed by atoms with E-state index < -0.39 is 5.97 Å². The lowest BCUT2D eigenvalue weighted by Gasteiger charge is -2.09. The zero-order valence-electron chi connectivity index (χ0n) is 14.1. The van der Waals surface area contributed by atoms with Crippen molar-refractivity contribution in [3.8, 4) is 17.1 Å². The lowest BCUT2D eigenvalue weighted by atomic mass is 10.2. The third-order valence-corrected chi connectivity index (χ3v) is 3.95. The number of hydrogen-bond acceptors (Lipinski definition) is 5. The van der Waals surface area contributed by atoms with Gasteiger partial charge in [-0.3, -0.25) is 0 Å². The summed E-state index contributed by atoms with van der Waals surface area (Å²) in [5, 5.41) is 16.4. The third kappa shape index (κ3) is 3.52. The SMILES string of the molecule is O=C(O)c1ccc(Nc2nccc(-c3ccnn3-c3ccccc3)n2)cc1. The van der Waals surface area contributed by atoms with Gasteiger partial charge < -0.3 is 10.4 Å². The molecular weight excluding hydrogens is 342 g/mol. The Bertz CT molecular complexity index is 1070. The van der Waals surface area contributed by atoms with Crippen molar-refractivity contribution >= 4 is 17.6 Å². The van der Waals surface area contributed by atoms with Gasteiger partial charge in [-0.25, -0.2) is 19.4 Å². The van der Waals surface area contributed by atoms with E-state index in [9.17, 15) is 4.79 Å². The van der Waals surface area contributed by atoms with Crippen molar-refractivity contribution in [1.82, 2.24) is 19.7 Å². The lowest BCUT2D eigenvalue weighted by molar-refractivity contribution is 0.0697. The summed E-state index contributed by atoms with van der Waals surface area (Å²) in [5.41, 5.74) is 3.43. The second-order valence-corrected chi connectivity index (χ2v) is 5.74. The maximum Gasteiger partial charge on any atom is 0.335 e. The fourth-order valence-corrected chi connectivity index (χ4v) is 2.66. The Morgan fingerprint density at radius 1 is 0.926 bits per heavy atom. The van der Waals surface area contributed by atoms with E-state index in [4.69, 9.17) is 5.11 Å². The van der Waals surface area contributed by atoms with Gasteiger partial charge >= 0.3 is 5.97 Å². The van der Waals surface area contributed by atoms with Crippen LogP contribution in [0.5, 0.6) is 0 Å². The van der Waals surface area contributed by atoms with E-state index >= 15 is 0 Å². The van der Waals surface area contributed by atoms with Gasteiger partial charge in [0.15, 0.2) is 0 Å². The molecule has 2 N–H and O–H groups in total. The highest BCUT2D eigenvalue weighted by Crippen LogP contribution is 2.22. The fraction of sp³-hybridized carbons (Fsp3) is 0. The molecule has 2 aromatic carbocycles. The third-order valence-electron chi connectivity index (χ3n) is 3.95. The van der Waals surface area contributed by atoms with Crippen LogP contribution in [0.2, 0.25) is 0 Å². The van der Waals surface area contributed by atoms with Crippen LogP contribution in [0, 0.1) is 0 Å². The number of carbonyl (C=O) groups is 1. The first-order chi connectivity index (χ1) is 13.2. The number of carboxylic acids is 1. The molecule has 2 aromatic heterocycles. The quantitative estimate of drug-likeness (QED) is 0.565. The maximum absolute atomic E-state index is 10.9. The Kier molecular flexibility index (Phi) is 4.32. The van der Waals surface area contributed by atoms with Crippen molar-refractivity contribution in [2.75, 3.05) is 5.32 Å². The fourth-order valence-electron chi connectivity index (χ4n) is 2.66. The minimum Gasteiger partial charge on any atom is -0.478 e. The van der Waals surface area contributed by atoms with Crippen molar-refractivity contribution in [3.05, 3.63) is 84.7 Å². The number of benzene rings is 2. The van der Waals surface area contributed by atoms with Crippen LogP contribution in [0.15, 0.2) is 79.1 Å². The van der Waals surface area contributed by atoms with Crippen LogP contribution in [0.1, 0.15) is 10.4 Å². The second-order valence-electron chi connectivity index (χ2n) is 5.74. The van der Waals surface area contributed by atoms with Crippen LogP contribution in [0.3, 0.4) is 0 Å². The molecule has 0 spiro atoms. The Morgan fingerprint density at radius 3 is 2.44 bits per heavy atom. The van der Waals surface area contributed by atoms with Gasteiger partial charge in [-0.15, -0.1) is 0 Å². The Hall–Kier alpha value is -4.00. The molecule has 0 radical (unpaired) electrons. The first-order valence-electron chi connectivity index (χ1n) is 8.24. The summed E-state index contributed by atoms with van der Waals surface area (Å²) >= 11 is 0. The summed E-state index contributed by atoms with van der Waals surface area (Å²) < 4.78 is 1.81. The van der Waals surface area contributed by atoms with Crippen LogP contribution in [0.4, 0.5) is 11.6 Å². The van der Waals surface area contributed by atoms with E-state index in [-0.39, 0.29) is 5.56 Å². The van der Waals surface area contributed by atoms with E-state index in [1.165, 1.54) is 12.1 Å². The van der Waals surface area contributed by atoms with Gasteiger partial charge in [0, 0.05) is 11.9 Å². The molecule has 0 unspecified atom stereocenters. The van der Waals surface area contributed by atoms with Crippen molar-refractivity contribution < 1.29 is 9.90 Å². The summed E-state index contributed by atoms with van der Waals surface area (Å²) in [4.78, 5) is 19.7. The van der Waals surface area contributed by atoms with Gasteiger partial charge in [-0.1, -0.05) is 18.2 Å². The molecule has 0 saturated carbocycles. The molecule has 4 aromatic rings. The van der Waals surface area contributed by atoms with Crippen LogP contribution >= 0.6 is 0 Å². The molecule has 0 bridgehead atoms. The van der Waals surface area contributed by atoms with Crippen molar-refractivity contribution in [2.45, 2.75) is 0 Å². The average Bonchev–Trinajstić information content (AvgIpc) is 3.19. The number of aromatic carboxylic acids is 1. The monoisotopic (exact) mass is 357 g/mol. The lowest BCUT2D eigenvalue weighted by Crippen LogP contribution is -2.02. The molecule has 0 atom stereocenters. The highest BCUT2D eigenvalue weighted by Gasteiger charge is 2.10. The van der Waals surface area contributed by atoms with Gasteiger partial charge in [0.05, 0.1) is 28.8 Å². The summed E-state index contributed by atoms with van der Waals surface area (Å²) in [6.07, 6.45) is 3.39. The van der Waals surface area contributed by atoms with E-state index in [2.05, 4.69) is 20.4 Å². The Balaban J connectivity index is 1.62. The molecular formula is C20H15N5O2. The Labute approximate surface area is 155 Å². The first-order valence-corrected chi connectivity index (χ1v) is 8.24. The number of hydrogen-bond donors (Lipinski definition) is 2. The molecule has 0 amide bonds. The zero-order valence-corrected chi connectivity index (χ0v) is 14.1. The number of rotatable bonds is 5. The average molecular weight is 357 g/mol. The van der Waals surface area contributed by atoms with E-state index in [1.807, 2.05) is 47.1 Å².